The van der Waals surface area contributed by atoms with E-state index in [0.717, 1.165) is 37.5 Å². The van der Waals surface area contributed by atoms with Gasteiger partial charge in [-0.3, -0.25) is 14.6 Å². The Morgan fingerprint density at radius 1 is 1.03 bits per heavy atom. The number of hydrogen-bond donors (Lipinski definition) is 1. The first kappa shape index (κ1) is 21.4. The lowest BCUT2D eigenvalue weighted by atomic mass is 10.1. The molecule has 1 N–H and O–H groups in total. The molecule has 1 aliphatic heterocycles. The Hall–Kier alpha value is -2.28. The smallest absolute Gasteiger partial charge is 0.151 e. The van der Waals surface area contributed by atoms with Gasteiger partial charge in [0.2, 0.25) is 0 Å². The third kappa shape index (κ3) is 7.24. The predicted molar refractivity (Wildman–Crippen MR) is 111 cm³/mol. The number of Topliss-reactive ketones (excluding diaryl/α,β-unsaturated/α-hetero) is 1. The summed E-state index contributed by atoms with van der Waals surface area (Å²) in [5.41, 5.74) is 2.01. The Morgan fingerprint density at radius 3 is 2.31 bits per heavy atom. The molecule has 0 unspecified atom stereocenters. The SMILES string of the molecule is Cc1ccc(OC[C@H](O)CN2CCN(CC(=O)Cc3ccc(F)cc3)CC2)cc1. The van der Waals surface area contributed by atoms with Crippen LogP contribution in [0.5, 0.6) is 5.75 Å². The van der Waals surface area contributed by atoms with Crippen LogP contribution in [-0.2, 0) is 11.2 Å². The van der Waals surface area contributed by atoms with Gasteiger partial charge in [-0.1, -0.05) is 29.8 Å². The number of carbonyl (C=O) groups excluding carboxylic acids is 1. The Morgan fingerprint density at radius 2 is 1.66 bits per heavy atom. The summed E-state index contributed by atoms with van der Waals surface area (Å²) >= 11 is 0. The Kier molecular flexibility index (Phi) is 7.75. The number of rotatable bonds is 9. The van der Waals surface area contributed by atoms with Gasteiger partial charge in [0.05, 0.1) is 6.54 Å². The minimum absolute atomic E-state index is 0.136. The van der Waals surface area contributed by atoms with Gasteiger partial charge in [0, 0.05) is 39.1 Å². The summed E-state index contributed by atoms with van der Waals surface area (Å²) in [5, 5.41) is 10.3. The number of nitrogens with zero attached hydrogens (tertiary/aromatic N) is 2. The number of benzene rings is 2. The lowest BCUT2D eigenvalue weighted by Crippen LogP contribution is -2.50. The summed E-state index contributed by atoms with van der Waals surface area (Å²) in [4.78, 5) is 16.6. The number of aliphatic hydroxyl groups excluding tert-OH is 1. The van der Waals surface area contributed by atoms with E-state index in [1.54, 1.807) is 12.1 Å². The minimum atomic E-state index is -0.553. The predicted octanol–water partition coefficient (Wildman–Crippen LogP) is 2.30. The molecular formula is C23H29FN2O3. The second-order valence-electron chi connectivity index (χ2n) is 7.70. The summed E-state index contributed by atoms with van der Waals surface area (Å²) in [5.74, 6) is 0.611. The molecule has 29 heavy (non-hydrogen) atoms. The molecule has 3 rings (SSSR count). The van der Waals surface area contributed by atoms with Crippen molar-refractivity contribution in [1.29, 1.82) is 0 Å². The van der Waals surface area contributed by atoms with Crippen LogP contribution in [0.2, 0.25) is 0 Å². The van der Waals surface area contributed by atoms with Crippen molar-refractivity contribution in [3.8, 4) is 5.75 Å². The van der Waals surface area contributed by atoms with Crippen LogP contribution in [0.25, 0.3) is 0 Å². The first-order valence-electron chi connectivity index (χ1n) is 10.1. The normalized spacial score (nSPS) is 16.5. The zero-order valence-electron chi connectivity index (χ0n) is 16.9. The van der Waals surface area contributed by atoms with E-state index < -0.39 is 6.10 Å². The maximum absolute atomic E-state index is 12.9. The Bertz CT molecular complexity index is 772. The van der Waals surface area contributed by atoms with Crippen LogP contribution in [0.4, 0.5) is 4.39 Å². The van der Waals surface area contributed by atoms with E-state index in [9.17, 15) is 14.3 Å². The maximum atomic E-state index is 12.9. The number of aliphatic hydroxyl groups is 1. The van der Waals surface area contributed by atoms with Gasteiger partial charge in [-0.2, -0.15) is 0 Å². The molecule has 0 radical (unpaired) electrons. The molecule has 1 saturated heterocycles. The summed E-state index contributed by atoms with van der Waals surface area (Å²) in [6, 6.07) is 13.9. The van der Waals surface area contributed by atoms with Crippen molar-refractivity contribution in [2.75, 3.05) is 45.9 Å². The van der Waals surface area contributed by atoms with Gasteiger partial charge in [-0.25, -0.2) is 4.39 Å². The maximum Gasteiger partial charge on any atom is 0.151 e. The molecule has 156 valence electrons. The van der Waals surface area contributed by atoms with E-state index in [4.69, 9.17) is 4.74 Å². The van der Waals surface area contributed by atoms with Crippen molar-refractivity contribution in [2.24, 2.45) is 0 Å². The molecular weight excluding hydrogens is 371 g/mol. The molecule has 6 heteroatoms. The van der Waals surface area contributed by atoms with Crippen molar-refractivity contribution >= 4 is 5.78 Å². The lowest BCUT2D eigenvalue weighted by Gasteiger charge is -2.35. The van der Waals surface area contributed by atoms with Gasteiger partial charge < -0.3 is 9.84 Å². The fourth-order valence-electron chi connectivity index (χ4n) is 3.44. The quantitative estimate of drug-likeness (QED) is 0.700. The summed E-state index contributed by atoms with van der Waals surface area (Å²) in [6.45, 7) is 6.46. The molecule has 1 heterocycles. The number of aryl methyl sites for hydroxylation is 1. The number of ether oxygens (including phenoxy) is 1. The highest BCUT2D eigenvalue weighted by atomic mass is 19.1. The molecule has 5 nitrogen and oxygen atoms in total. The molecule has 2 aromatic rings. The Balaban J connectivity index is 1.33. The molecule has 0 bridgehead atoms. The third-order valence-electron chi connectivity index (χ3n) is 5.11. The molecule has 0 aliphatic carbocycles. The van der Waals surface area contributed by atoms with Crippen LogP contribution < -0.4 is 4.74 Å². The zero-order chi connectivity index (χ0) is 20.6. The highest BCUT2D eigenvalue weighted by Crippen LogP contribution is 2.12. The molecule has 2 aromatic carbocycles. The van der Waals surface area contributed by atoms with Crippen LogP contribution in [0.1, 0.15) is 11.1 Å². The molecule has 0 aromatic heterocycles. The summed E-state index contributed by atoms with van der Waals surface area (Å²) in [6.07, 6.45) is -0.224. The standard InChI is InChI=1S/C23H29FN2O3/c1-18-2-8-23(9-3-18)29-17-22(28)16-26-12-10-25(11-13-26)15-21(27)14-19-4-6-20(24)7-5-19/h2-9,22,28H,10-17H2,1H3/t22-/m1/s1. The van der Waals surface area contributed by atoms with Crippen LogP contribution in [0.15, 0.2) is 48.5 Å². The second kappa shape index (κ2) is 10.5. The van der Waals surface area contributed by atoms with Gasteiger partial charge in [-0.15, -0.1) is 0 Å². The largest absolute Gasteiger partial charge is 0.491 e. The van der Waals surface area contributed by atoms with Gasteiger partial charge in [-0.05, 0) is 36.8 Å². The van der Waals surface area contributed by atoms with Crippen molar-refractivity contribution in [3.05, 3.63) is 65.5 Å². The third-order valence-corrected chi connectivity index (χ3v) is 5.11. The van der Waals surface area contributed by atoms with Crippen LogP contribution in [0, 0.1) is 12.7 Å². The summed E-state index contributed by atoms with van der Waals surface area (Å²) < 4.78 is 18.6. The first-order valence-corrected chi connectivity index (χ1v) is 10.1. The molecule has 1 aliphatic rings. The number of ketones is 1. The van der Waals surface area contributed by atoms with Crippen LogP contribution in [0.3, 0.4) is 0 Å². The molecule has 0 amide bonds. The van der Waals surface area contributed by atoms with Gasteiger partial charge in [0.25, 0.3) is 0 Å². The number of piperazine rings is 1. The van der Waals surface area contributed by atoms with Crippen LogP contribution in [-0.4, -0.2) is 72.7 Å². The van der Waals surface area contributed by atoms with E-state index in [1.807, 2.05) is 31.2 Å². The van der Waals surface area contributed by atoms with Crippen LogP contribution >= 0.6 is 0 Å². The monoisotopic (exact) mass is 400 g/mol. The molecule has 1 fully saturated rings. The van der Waals surface area contributed by atoms with Gasteiger partial charge in [0.1, 0.15) is 24.3 Å². The number of halogens is 1. The fourth-order valence-corrected chi connectivity index (χ4v) is 3.44. The molecule has 0 spiro atoms. The second-order valence-corrected chi connectivity index (χ2v) is 7.70. The van der Waals surface area contributed by atoms with E-state index in [0.29, 0.717) is 19.5 Å². The van der Waals surface area contributed by atoms with E-state index >= 15 is 0 Å². The van der Waals surface area contributed by atoms with Crippen molar-refractivity contribution in [3.63, 3.8) is 0 Å². The highest BCUT2D eigenvalue weighted by Gasteiger charge is 2.21. The number of hydrogen-bond acceptors (Lipinski definition) is 5. The number of carbonyl (C=O) groups is 1. The zero-order valence-corrected chi connectivity index (χ0v) is 16.9. The Labute approximate surface area is 171 Å². The average molecular weight is 400 g/mol. The summed E-state index contributed by atoms with van der Waals surface area (Å²) in [7, 11) is 0. The molecule has 0 saturated carbocycles. The number of β-amino-alcohol motifs (C(OH)–C–C–N with tert-alkyl or cyclic N) is 1. The topological polar surface area (TPSA) is 53.0 Å². The van der Waals surface area contributed by atoms with Gasteiger partial charge in [0.15, 0.2) is 5.78 Å². The average Bonchev–Trinajstić information content (AvgIpc) is 2.71. The van der Waals surface area contributed by atoms with Crippen molar-refractivity contribution in [1.82, 2.24) is 9.80 Å². The van der Waals surface area contributed by atoms with Gasteiger partial charge >= 0.3 is 0 Å². The molecule has 1 atom stereocenters. The van der Waals surface area contributed by atoms with E-state index in [2.05, 4.69) is 9.80 Å². The first-order chi connectivity index (χ1) is 14.0. The fraction of sp³-hybridized carbons (Fsp3) is 0.435. The minimum Gasteiger partial charge on any atom is -0.491 e. The highest BCUT2D eigenvalue weighted by molar-refractivity contribution is 5.82. The van der Waals surface area contributed by atoms with E-state index in [-0.39, 0.29) is 18.2 Å². The van der Waals surface area contributed by atoms with E-state index in [1.165, 1.54) is 17.7 Å². The van der Waals surface area contributed by atoms with Crippen molar-refractivity contribution in [2.45, 2.75) is 19.4 Å². The van der Waals surface area contributed by atoms with Crippen molar-refractivity contribution < 1.29 is 19.0 Å². The lowest BCUT2D eigenvalue weighted by molar-refractivity contribution is -0.120.